The Balaban J connectivity index is 2.00. The number of benzene rings is 2. The second kappa shape index (κ2) is 7.25. The number of hydrogen-bond donors (Lipinski definition) is 1. The third kappa shape index (κ3) is 4.20. The van der Waals surface area contributed by atoms with E-state index < -0.39 is 5.97 Å². The first-order valence-electron chi connectivity index (χ1n) is 6.45. The predicted octanol–water partition coefficient (Wildman–Crippen LogP) is 4.67. The molecule has 0 aromatic heterocycles. The Bertz CT molecular complexity index is 734. The number of halogens is 2. The highest BCUT2D eigenvalue weighted by Gasteiger charge is 2.05. The van der Waals surface area contributed by atoms with E-state index in [-0.39, 0.29) is 11.3 Å². The minimum Gasteiger partial charge on any atom is -0.478 e. The maximum absolute atomic E-state index is 12.0. The van der Waals surface area contributed by atoms with Gasteiger partial charge in [-0.05, 0) is 48.4 Å². The Morgan fingerprint density at radius 3 is 2.18 bits per heavy atom. The fourth-order valence-corrected chi connectivity index (χ4v) is 2.13. The van der Waals surface area contributed by atoms with E-state index in [2.05, 4.69) is 0 Å². The molecule has 0 saturated heterocycles. The first-order chi connectivity index (χ1) is 10.5. The van der Waals surface area contributed by atoms with Gasteiger partial charge in [0, 0.05) is 5.56 Å². The maximum Gasteiger partial charge on any atom is 0.335 e. The molecule has 112 valence electrons. The first-order valence-corrected chi connectivity index (χ1v) is 7.21. The summed E-state index contributed by atoms with van der Waals surface area (Å²) in [4.78, 5) is 22.7. The van der Waals surface area contributed by atoms with Crippen LogP contribution >= 0.6 is 23.2 Å². The van der Waals surface area contributed by atoms with Crippen molar-refractivity contribution in [3.8, 4) is 0 Å². The highest BCUT2D eigenvalue weighted by Crippen LogP contribution is 2.22. The van der Waals surface area contributed by atoms with Gasteiger partial charge in [0.2, 0.25) is 0 Å². The lowest BCUT2D eigenvalue weighted by Gasteiger charge is -2.00. The van der Waals surface area contributed by atoms with Crippen LogP contribution in [0.5, 0.6) is 0 Å². The molecule has 3 nitrogen and oxygen atoms in total. The van der Waals surface area contributed by atoms with E-state index in [1.807, 2.05) is 0 Å². The van der Waals surface area contributed by atoms with Gasteiger partial charge in [0.05, 0.1) is 15.6 Å². The highest BCUT2D eigenvalue weighted by atomic mass is 35.5. The number of carboxylic acid groups (broad SMARTS) is 1. The Hall–Kier alpha value is -2.10. The Morgan fingerprint density at radius 1 is 0.955 bits per heavy atom. The molecule has 0 aliphatic carbocycles. The summed E-state index contributed by atoms with van der Waals surface area (Å²) in [5.74, 6) is -1.13. The summed E-state index contributed by atoms with van der Waals surface area (Å²) in [6.45, 7) is 0. The van der Waals surface area contributed by atoms with Crippen molar-refractivity contribution in [1.29, 1.82) is 0 Å². The molecule has 5 heteroatoms. The van der Waals surface area contributed by atoms with Gasteiger partial charge in [-0.25, -0.2) is 4.79 Å². The zero-order valence-electron chi connectivity index (χ0n) is 11.4. The number of carbonyl (C=O) groups is 2. The second-order valence-electron chi connectivity index (χ2n) is 4.60. The SMILES string of the molecule is O=C(O)c1ccc(CC=CC(=O)c2ccc(Cl)c(Cl)c2)cc1. The van der Waals surface area contributed by atoms with Gasteiger partial charge in [0.25, 0.3) is 0 Å². The van der Waals surface area contributed by atoms with Gasteiger partial charge in [0.1, 0.15) is 0 Å². The van der Waals surface area contributed by atoms with Crippen LogP contribution in [0.3, 0.4) is 0 Å². The topological polar surface area (TPSA) is 54.4 Å². The average molecular weight is 335 g/mol. The average Bonchev–Trinajstić information content (AvgIpc) is 2.50. The molecule has 0 aliphatic rings. The van der Waals surface area contributed by atoms with Crippen LogP contribution in [0.15, 0.2) is 54.6 Å². The lowest BCUT2D eigenvalue weighted by molar-refractivity contribution is 0.0696. The minimum atomic E-state index is -0.961. The van der Waals surface area contributed by atoms with Crippen LogP contribution in [0.4, 0.5) is 0 Å². The van der Waals surface area contributed by atoms with Crippen molar-refractivity contribution in [2.75, 3.05) is 0 Å². The zero-order chi connectivity index (χ0) is 16.1. The van der Waals surface area contributed by atoms with Crippen molar-refractivity contribution < 1.29 is 14.7 Å². The molecule has 2 aromatic rings. The molecule has 0 unspecified atom stereocenters. The normalized spacial score (nSPS) is 10.8. The van der Waals surface area contributed by atoms with Crippen molar-refractivity contribution in [1.82, 2.24) is 0 Å². The van der Waals surface area contributed by atoms with Crippen LogP contribution in [0.2, 0.25) is 10.0 Å². The number of ketones is 1. The molecular formula is C17H12Cl2O3. The van der Waals surface area contributed by atoms with Gasteiger partial charge >= 0.3 is 5.97 Å². The number of carboxylic acids is 1. The summed E-state index contributed by atoms with van der Waals surface area (Å²) < 4.78 is 0. The Labute approximate surface area is 137 Å². The van der Waals surface area contributed by atoms with E-state index >= 15 is 0 Å². The molecule has 2 rings (SSSR count). The van der Waals surface area contributed by atoms with Crippen molar-refractivity contribution in [2.24, 2.45) is 0 Å². The van der Waals surface area contributed by atoms with Gasteiger partial charge in [-0.2, -0.15) is 0 Å². The molecule has 0 spiro atoms. The molecule has 0 fully saturated rings. The Kier molecular flexibility index (Phi) is 5.36. The fourth-order valence-electron chi connectivity index (χ4n) is 1.83. The lowest BCUT2D eigenvalue weighted by atomic mass is 10.1. The maximum atomic E-state index is 12.0. The van der Waals surface area contributed by atoms with Gasteiger partial charge < -0.3 is 5.11 Å². The highest BCUT2D eigenvalue weighted by molar-refractivity contribution is 6.42. The molecule has 1 N–H and O–H groups in total. The van der Waals surface area contributed by atoms with Crippen molar-refractivity contribution in [3.63, 3.8) is 0 Å². The molecule has 0 aliphatic heterocycles. The number of allylic oxidation sites excluding steroid dienone is 2. The van der Waals surface area contributed by atoms with E-state index in [1.165, 1.54) is 24.3 Å². The van der Waals surface area contributed by atoms with E-state index in [4.69, 9.17) is 28.3 Å². The molecule has 0 heterocycles. The van der Waals surface area contributed by atoms with Gasteiger partial charge in [-0.15, -0.1) is 0 Å². The van der Waals surface area contributed by atoms with Gasteiger partial charge in [-0.1, -0.05) is 41.4 Å². The monoisotopic (exact) mass is 334 g/mol. The lowest BCUT2D eigenvalue weighted by Crippen LogP contribution is -1.96. The molecule has 0 atom stereocenters. The standard InChI is InChI=1S/C17H12Cl2O3/c18-14-9-8-13(10-15(14)19)16(20)3-1-2-11-4-6-12(7-5-11)17(21)22/h1,3-10H,2H2,(H,21,22). The second-order valence-corrected chi connectivity index (χ2v) is 5.42. The van der Waals surface area contributed by atoms with Crippen LogP contribution in [-0.2, 0) is 6.42 Å². The molecule has 0 radical (unpaired) electrons. The third-order valence-corrected chi connectivity index (χ3v) is 3.77. The van der Waals surface area contributed by atoms with Crippen LogP contribution in [0.25, 0.3) is 0 Å². The quantitative estimate of drug-likeness (QED) is 0.638. The molecule has 22 heavy (non-hydrogen) atoms. The van der Waals surface area contributed by atoms with E-state index in [1.54, 1.807) is 30.3 Å². The van der Waals surface area contributed by atoms with Crippen molar-refractivity contribution in [3.05, 3.63) is 81.4 Å². The number of carbonyl (C=O) groups excluding carboxylic acids is 1. The van der Waals surface area contributed by atoms with Gasteiger partial charge in [0.15, 0.2) is 5.78 Å². The number of rotatable bonds is 5. The van der Waals surface area contributed by atoms with E-state index in [9.17, 15) is 9.59 Å². The summed E-state index contributed by atoms with van der Waals surface area (Å²) in [6, 6.07) is 11.2. The molecule has 0 saturated carbocycles. The number of aromatic carboxylic acids is 1. The predicted molar refractivity (Wildman–Crippen MR) is 87.0 cm³/mol. The Morgan fingerprint density at radius 2 is 1.59 bits per heavy atom. The first kappa shape index (κ1) is 16.3. The summed E-state index contributed by atoms with van der Waals surface area (Å²) in [5.41, 5.74) is 1.62. The molecule has 0 amide bonds. The third-order valence-electron chi connectivity index (χ3n) is 3.03. The largest absolute Gasteiger partial charge is 0.478 e. The molecule has 2 aromatic carbocycles. The zero-order valence-corrected chi connectivity index (χ0v) is 12.9. The van der Waals surface area contributed by atoms with E-state index in [0.29, 0.717) is 22.0 Å². The van der Waals surface area contributed by atoms with Gasteiger partial charge in [-0.3, -0.25) is 4.79 Å². The number of hydrogen-bond acceptors (Lipinski definition) is 2. The summed E-state index contributed by atoms with van der Waals surface area (Å²) >= 11 is 11.7. The van der Waals surface area contributed by atoms with Crippen molar-refractivity contribution in [2.45, 2.75) is 6.42 Å². The fraction of sp³-hybridized carbons (Fsp3) is 0.0588. The summed E-state index contributed by atoms with van der Waals surface area (Å²) in [6.07, 6.45) is 3.72. The smallest absolute Gasteiger partial charge is 0.335 e. The van der Waals surface area contributed by atoms with Crippen LogP contribution in [-0.4, -0.2) is 16.9 Å². The van der Waals surface area contributed by atoms with E-state index in [0.717, 1.165) is 5.56 Å². The van der Waals surface area contributed by atoms with Crippen LogP contribution < -0.4 is 0 Å². The minimum absolute atomic E-state index is 0.166. The van der Waals surface area contributed by atoms with Crippen molar-refractivity contribution >= 4 is 35.0 Å². The van der Waals surface area contributed by atoms with Crippen LogP contribution in [0, 0.1) is 0 Å². The van der Waals surface area contributed by atoms with Crippen LogP contribution in [0.1, 0.15) is 26.3 Å². The molecule has 0 bridgehead atoms. The summed E-state index contributed by atoms with van der Waals surface area (Å²) in [5, 5.41) is 9.56. The summed E-state index contributed by atoms with van der Waals surface area (Å²) in [7, 11) is 0. The molecular weight excluding hydrogens is 323 g/mol.